The Bertz CT molecular complexity index is 437. The summed E-state index contributed by atoms with van der Waals surface area (Å²) in [5, 5.41) is 13.7. The van der Waals surface area contributed by atoms with Gasteiger partial charge in [-0.1, -0.05) is 13.8 Å². The van der Waals surface area contributed by atoms with E-state index >= 15 is 0 Å². The van der Waals surface area contributed by atoms with E-state index in [0.717, 1.165) is 42.6 Å². The van der Waals surface area contributed by atoms with E-state index < -0.39 is 0 Å². The molecule has 4 aliphatic carbocycles. The molecule has 0 heterocycles. The predicted molar refractivity (Wildman–Crippen MR) is 90.6 cm³/mol. The standard InChI is InChI=1S/C20H35NO/c1-19-10-8-14(22)12-13(19)4-5-15-16-6-7-18(21-3)20(16,2)11-9-17(15)19/h13-18,21-22H,4-12H2,1-3H3/t13-,14+,15-,16+,17-,18-,19-,20+/m0/s1. The third kappa shape index (κ3) is 1.99. The van der Waals surface area contributed by atoms with E-state index in [9.17, 15) is 5.11 Å². The summed E-state index contributed by atoms with van der Waals surface area (Å²) in [4.78, 5) is 0. The van der Waals surface area contributed by atoms with Gasteiger partial charge in [-0.25, -0.2) is 0 Å². The van der Waals surface area contributed by atoms with E-state index in [4.69, 9.17) is 0 Å². The molecule has 2 heteroatoms. The molecule has 4 saturated carbocycles. The van der Waals surface area contributed by atoms with Crippen LogP contribution in [-0.4, -0.2) is 24.3 Å². The number of rotatable bonds is 1. The van der Waals surface area contributed by atoms with Crippen molar-refractivity contribution in [2.24, 2.45) is 34.5 Å². The van der Waals surface area contributed by atoms with Crippen molar-refractivity contribution in [3.8, 4) is 0 Å². The molecular weight excluding hydrogens is 270 g/mol. The van der Waals surface area contributed by atoms with Crippen LogP contribution in [0.25, 0.3) is 0 Å². The molecule has 0 aromatic carbocycles. The van der Waals surface area contributed by atoms with Gasteiger partial charge in [0.2, 0.25) is 0 Å². The lowest BCUT2D eigenvalue weighted by atomic mass is 9.45. The zero-order valence-electron chi connectivity index (χ0n) is 14.8. The zero-order chi connectivity index (χ0) is 15.5. The second kappa shape index (κ2) is 5.21. The van der Waals surface area contributed by atoms with Crippen molar-refractivity contribution in [2.45, 2.75) is 83.8 Å². The number of nitrogens with one attached hydrogen (secondary N) is 1. The first kappa shape index (κ1) is 15.4. The van der Waals surface area contributed by atoms with E-state index in [-0.39, 0.29) is 6.10 Å². The lowest BCUT2D eigenvalue weighted by Crippen LogP contribution is -2.55. The second-order valence-electron chi connectivity index (χ2n) is 9.55. The minimum atomic E-state index is -0.0105. The number of hydrogen-bond acceptors (Lipinski definition) is 2. The van der Waals surface area contributed by atoms with Gasteiger partial charge in [-0.2, -0.15) is 0 Å². The molecule has 4 rings (SSSR count). The van der Waals surface area contributed by atoms with E-state index in [1.54, 1.807) is 0 Å². The number of hydrogen-bond donors (Lipinski definition) is 2. The molecule has 0 radical (unpaired) electrons. The number of fused-ring (bicyclic) bond motifs is 5. The topological polar surface area (TPSA) is 32.3 Å². The van der Waals surface area contributed by atoms with Gasteiger partial charge in [0.15, 0.2) is 0 Å². The van der Waals surface area contributed by atoms with E-state index in [0.29, 0.717) is 10.8 Å². The normalized spacial score (nSPS) is 57.8. The van der Waals surface area contributed by atoms with Gasteiger partial charge in [-0.05, 0) is 99.3 Å². The summed E-state index contributed by atoms with van der Waals surface area (Å²) < 4.78 is 0. The van der Waals surface area contributed by atoms with Crippen molar-refractivity contribution in [2.75, 3.05) is 7.05 Å². The van der Waals surface area contributed by atoms with Gasteiger partial charge in [0.05, 0.1) is 6.10 Å². The minimum Gasteiger partial charge on any atom is -0.393 e. The van der Waals surface area contributed by atoms with Crippen LogP contribution in [0.15, 0.2) is 0 Å². The van der Waals surface area contributed by atoms with Crippen molar-refractivity contribution in [1.29, 1.82) is 0 Å². The Morgan fingerprint density at radius 3 is 2.36 bits per heavy atom. The molecule has 8 atom stereocenters. The van der Waals surface area contributed by atoms with E-state index in [1.807, 2.05) is 0 Å². The Morgan fingerprint density at radius 2 is 1.59 bits per heavy atom. The van der Waals surface area contributed by atoms with Gasteiger partial charge in [0.1, 0.15) is 0 Å². The molecule has 22 heavy (non-hydrogen) atoms. The molecule has 126 valence electrons. The van der Waals surface area contributed by atoms with Crippen LogP contribution >= 0.6 is 0 Å². The van der Waals surface area contributed by atoms with Gasteiger partial charge in [0, 0.05) is 6.04 Å². The van der Waals surface area contributed by atoms with Gasteiger partial charge in [-0.15, -0.1) is 0 Å². The van der Waals surface area contributed by atoms with Crippen molar-refractivity contribution in [3.63, 3.8) is 0 Å². The van der Waals surface area contributed by atoms with Gasteiger partial charge < -0.3 is 10.4 Å². The Kier molecular flexibility index (Phi) is 3.66. The molecule has 4 fully saturated rings. The highest BCUT2D eigenvalue weighted by Gasteiger charge is 2.59. The first-order valence-electron chi connectivity index (χ1n) is 9.84. The fourth-order valence-electron chi connectivity index (χ4n) is 7.71. The molecule has 2 nitrogen and oxygen atoms in total. The average Bonchev–Trinajstić information content (AvgIpc) is 2.84. The summed E-state index contributed by atoms with van der Waals surface area (Å²) in [5.74, 6) is 3.65. The molecule has 0 bridgehead atoms. The second-order valence-corrected chi connectivity index (χ2v) is 9.55. The molecule has 0 aliphatic heterocycles. The largest absolute Gasteiger partial charge is 0.393 e. The van der Waals surface area contributed by atoms with Crippen LogP contribution in [-0.2, 0) is 0 Å². The highest BCUT2D eigenvalue weighted by molar-refractivity contribution is 5.10. The SMILES string of the molecule is CN[C@H]1CC[C@@H]2[C@@H]3CC[C@H]4C[C@H](O)CC[C@]4(C)[C@H]3CC[C@@]12C. The van der Waals surface area contributed by atoms with Gasteiger partial charge in [-0.3, -0.25) is 0 Å². The van der Waals surface area contributed by atoms with E-state index in [1.165, 1.54) is 44.9 Å². The molecule has 0 aromatic rings. The highest BCUT2D eigenvalue weighted by atomic mass is 16.3. The summed E-state index contributed by atoms with van der Waals surface area (Å²) in [5.41, 5.74) is 1.08. The van der Waals surface area contributed by atoms with Crippen LogP contribution in [0.2, 0.25) is 0 Å². The van der Waals surface area contributed by atoms with Crippen molar-refractivity contribution in [3.05, 3.63) is 0 Å². The highest BCUT2D eigenvalue weighted by Crippen LogP contribution is 2.66. The van der Waals surface area contributed by atoms with Crippen LogP contribution in [0, 0.1) is 34.5 Å². The molecule has 0 unspecified atom stereocenters. The quantitative estimate of drug-likeness (QED) is 0.768. The first-order valence-corrected chi connectivity index (χ1v) is 9.84. The van der Waals surface area contributed by atoms with Crippen LogP contribution < -0.4 is 5.32 Å². The summed E-state index contributed by atoms with van der Waals surface area (Å²) in [6.07, 6.45) is 11.9. The number of aliphatic hydroxyl groups excluding tert-OH is 1. The summed E-state index contributed by atoms with van der Waals surface area (Å²) in [6.45, 7) is 5.18. The molecule has 0 saturated heterocycles. The molecule has 2 N–H and O–H groups in total. The van der Waals surface area contributed by atoms with E-state index in [2.05, 4.69) is 26.2 Å². The maximum atomic E-state index is 10.1. The predicted octanol–water partition coefficient (Wildman–Crippen LogP) is 3.98. The molecular formula is C20H35NO. The van der Waals surface area contributed by atoms with Crippen LogP contribution in [0.4, 0.5) is 0 Å². The van der Waals surface area contributed by atoms with Crippen molar-refractivity contribution in [1.82, 2.24) is 5.32 Å². The van der Waals surface area contributed by atoms with Crippen LogP contribution in [0.5, 0.6) is 0 Å². The smallest absolute Gasteiger partial charge is 0.0543 e. The van der Waals surface area contributed by atoms with Gasteiger partial charge in [0.25, 0.3) is 0 Å². The first-order chi connectivity index (χ1) is 10.5. The van der Waals surface area contributed by atoms with Crippen molar-refractivity contribution < 1.29 is 5.11 Å². The lowest BCUT2D eigenvalue weighted by Gasteiger charge is -2.61. The molecule has 0 amide bonds. The fourth-order valence-corrected chi connectivity index (χ4v) is 7.71. The average molecular weight is 306 g/mol. The zero-order valence-corrected chi connectivity index (χ0v) is 14.8. The summed E-state index contributed by atoms with van der Waals surface area (Å²) in [7, 11) is 2.17. The van der Waals surface area contributed by atoms with Crippen LogP contribution in [0.1, 0.15) is 71.6 Å². The lowest BCUT2D eigenvalue weighted by molar-refractivity contribution is -0.123. The summed E-state index contributed by atoms with van der Waals surface area (Å²) >= 11 is 0. The maximum absolute atomic E-state index is 10.1. The monoisotopic (exact) mass is 305 g/mol. The summed E-state index contributed by atoms with van der Waals surface area (Å²) in [6, 6.07) is 0.747. The molecule has 0 aromatic heterocycles. The Morgan fingerprint density at radius 1 is 0.864 bits per heavy atom. The fraction of sp³-hybridized carbons (Fsp3) is 1.00. The van der Waals surface area contributed by atoms with Crippen LogP contribution in [0.3, 0.4) is 0 Å². The Labute approximate surface area is 136 Å². The maximum Gasteiger partial charge on any atom is 0.0543 e. The molecule has 0 spiro atoms. The Balaban J connectivity index is 1.61. The Hall–Kier alpha value is -0.0800. The van der Waals surface area contributed by atoms with Gasteiger partial charge >= 0.3 is 0 Å². The number of aliphatic hydroxyl groups is 1. The minimum absolute atomic E-state index is 0.0105. The third-order valence-corrected chi connectivity index (χ3v) is 8.99. The molecule has 4 aliphatic rings. The van der Waals surface area contributed by atoms with Crippen molar-refractivity contribution >= 4 is 0 Å². The third-order valence-electron chi connectivity index (χ3n) is 8.99.